The average Bonchev–Trinajstić information content (AvgIpc) is 3.07. The van der Waals surface area contributed by atoms with Crippen molar-refractivity contribution in [3.63, 3.8) is 0 Å². The van der Waals surface area contributed by atoms with Crippen LogP contribution in [0.5, 0.6) is 0 Å². The minimum atomic E-state index is -4.52. The van der Waals surface area contributed by atoms with Crippen molar-refractivity contribution in [3.8, 4) is 0 Å². The van der Waals surface area contributed by atoms with Gasteiger partial charge in [-0.25, -0.2) is 13.8 Å². The van der Waals surface area contributed by atoms with Crippen LogP contribution < -0.4 is 10.2 Å². The Labute approximate surface area is 152 Å². The van der Waals surface area contributed by atoms with Gasteiger partial charge in [-0.2, -0.15) is 13.2 Å². The fraction of sp³-hybridized carbons (Fsp3) is 0.333. The predicted octanol–water partition coefficient (Wildman–Crippen LogP) is 4.29. The quantitative estimate of drug-likeness (QED) is 0.802. The van der Waals surface area contributed by atoms with Crippen LogP contribution in [0.4, 0.5) is 33.5 Å². The number of hydrogen-bond acceptors (Lipinski definition) is 3. The summed E-state index contributed by atoms with van der Waals surface area (Å²) in [4.78, 5) is 18.2. The van der Waals surface area contributed by atoms with Crippen molar-refractivity contribution in [2.24, 2.45) is 0 Å². The van der Waals surface area contributed by atoms with E-state index in [4.69, 9.17) is 0 Å². The second kappa shape index (κ2) is 7.13. The number of aryl methyl sites for hydroxylation is 1. The minimum Gasteiger partial charge on any atom is -0.345 e. The zero-order valence-corrected chi connectivity index (χ0v) is 14.3. The molecule has 3 rings (SSSR count). The standard InChI is InChI=1S/C18H16F5N3O/c1-10-7-11(18(21,22)23)8-16(24-10)26-6-2-3-15(26)17(27)25-12-4-5-13(19)14(20)9-12/h4-5,7-9,15H,2-3,6H2,1H3,(H,25,27)/t15-/m0/s1. The summed E-state index contributed by atoms with van der Waals surface area (Å²) in [5.74, 6) is -2.61. The topological polar surface area (TPSA) is 45.2 Å². The number of alkyl halides is 3. The van der Waals surface area contributed by atoms with Crippen molar-refractivity contribution in [2.45, 2.75) is 32.0 Å². The van der Waals surface area contributed by atoms with Gasteiger partial charge in [0, 0.05) is 24.0 Å². The molecule has 1 fully saturated rings. The Balaban J connectivity index is 1.83. The number of halogens is 5. The van der Waals surface area contributed by atoms with Gasteiger partial charge in [0.2, 0.25) is 5.91 Å². The molecule has 1 aliphatic rings. The van der Waals surface area contributed by atoms with Crippen molar-refractivity contribution >= 4 is 17.4 Å². The van der Waals surface area contributed by atoms with Gasteiger partial charge in [-0.1, -0.05) is 0 Å². The number of rotatable bonds is 3. The van der Waals surface area contributed by atoms with Crippen LogP contribution in [0.25, 0.3) is 0 Å². The monoisotopic (exact) mass is 385 g/mol. The first kappa shape index (κ1) is 19.1. The molecule has 1 saturated heterocycles. The Morgan fingerprint density at radius 2 is 1.93 bits per heavy atom. The lowest BCUT2D eigenvalue weighted by atomic mass is 10.1. The van der Waals surface area contributed by atoms with Crippen molar-refractivity contribution in [2.75, 3.05) is 16.8 Å². The van der Waals surface area contributed by atoms with Crippen LogP contribution in [0.3, 0.4) is 0 Å². The average molecular weight is 385 g/mol. The molecule has 0 saturated carbocycles. The summed E-state index contributed by atoms with van der Waals surface area (Å²) in [5.41, 5.74) is -0.581. The van der Waals surface area contributed by atoms with E-state index >= 15 is 0 Å². The van der Waals surface area contributed by atoms with Gasteiger partial charge in [-0.3, -0.25) is 4.79 Å². The zero-order chi connectivity index (χ0) is 19.8. The lowest BCUT2D eigenvalue weighted by Crippen LogP contribution is -2.40. The first-order valence-electron chi connectivity index (χ1n) is 8.23. The van der Waals surface area contributed by atoms with E-state index in [1.807, 2.05) is 0 Å². The third-order valence-corrected chi connectivity index (χ3v) is 4.30. The van der Waals surface area contributed by atoms with E-state index in [0.29, 0.717) is 19.4 Å². The molecule has 0 aliphatic carbocycles. The lowest BCUT2D eigenvalue weighted by molar-refractivity contribution is -0.137. The summed E-state index contributed by atoms with van der Waals surface area (Å²) < 4.78 is 65.5. The molecule has 1 aromatic carbocycles. The van der Waals surface area contributed by atoms with Crippen LogP contribution in [0, 0.1) is 18.6 Å². The lowest BCUT2D eigenvalue weighted by Gasteiger charge is -2.26. The van der Waals surface area contributed by atoms with Gasteiger partial charge < -0.3 is 10.2 Å². The summed E-state index contributed by atoms with van der Waals surface area (Å²) >= 11 is 0. The van der Waals surface area contributed by atoms with E-state index in [9.17, 15) is 26.7 Å². The molecule has 1 atom stereocenters. The normalized spacial score (nSPS) is 17.3. The Hall–Kier alpha value is -2.71. The Morgan fingerprint density at radius 1 is 1.19 bits per heavy atom. The molecule has 0 radical (unpaired) electrons. The number of anilines is 2. The number of carbonyl (C=O) groups is 1. The highest BCUT2D eigenvalue weighted by Crippen LogP contribution is 2.33. The van der Waals surface area contributed by atoms with Gasteiger partial charge in [0.05, 0.1) is 5.56 Å². The van der Waals surface area contributed by atoms with Gasteiger partial charge in [-0.15, -0.1) is 0 Å². The van der Waals surface area contributed by atoms with Crippen molar-refractivity contribution in [1.29, 1.82) is 0 Å². The van der Waals surface area contributed by atoms with Crippen molar-refractivity contribution in [1.82, 2.24) is 4.98 Å². The van der Waals surface area contributed by atoms with Crippen molar-refractivity contribution < 1.29 is 26.7 Å². The molecule has 0 unspecified atom stereocenters. The molecule has 2 aromatic rings. The fourth-order valence-electron chi connectivity index (χ4n) is 3.07. The second-order valence-electron chi connectivity index (χ2n) is 6.32. The minimum absolute atomic E-state index is 0.0604. The molecule has 0 spiro atoms. The number of carbonyl (C=O) groups excluding carboxylic acids is 1. The summed E-state index contributed by atoms with van der Waals surface area (Å²) in [6.45, 7) is 1.81. The highest BCUT2D eigenvalue weighted by atomic mass is 19.4. The zero-order valence-electron chi connectivity index (χ0n) is 14.3. The van der Waals surface area contributed by atoms with E-state index in [2.05, 4.69) is 10.3 Å². The first-order chi connectivity index (χ1) is 12.6. The molecule has 27 heavy (non-hydrogen) atoms. The third kappa shape index (κ3) is 4.17. The fourth-order valence-corrected chi connectivity index (χ4v) is 3.07. The highest BCUT2D eigenvalue weighted by molar-refractivity contribution is 5.97. The number of benzene rings is 1. The molecule has 2 heterocycles. The van der Waals surface area contributed by atoms with Crippen LogP contribution in [-0.2, 0) is 11.0 Å². The van der Waals surface area contributed by atoms with Gasteiger partial charge in [0.25, 0.3) is 0 Å². The van der Waals surface area contributed by atoms with E-state index in [-0.39, 0.29) is 17.2 Å². The molecule has 9 heteroatoms. The van der Waals surface area contributed by atoms with E-state index in [1.54, 1.807) is 0 Å². The van der Waals surface area contributed by atoms with E-state index < -0.39 is 35.3 Å². The molecule has 144 valence electrons. The number of amides is 1. The number of nitrogens with zero attached hydrogens (tertiary/aromatic N) is 2. The van der Waals surface area contributed by atoms with Crippen LogP contribution in [0.2, 0.25) is 0 Å². The third-order valence-electron chi connectivity index (χ3n) is 4.30. The van der Waals surface area contributed by atoms with Crippen LogP contribution in [0.1, 0.15) is 24.1 Å². The molecule has 1 amide bonds. The van der Waals surface area contributed by atoms with E-state index in [0.717, 1.165) is 24.3 Å². The summed E-state index contributed by atoms with van der Waals surface area (Å²) in [6, 6.07) is 4.04. The molecule has 1 aromatic heterocycles. The smallest absolute Gasteiger partial charge is 0.345 e. The van der Waals surface area contributed by atoms with Crippen LogP contribution >= 0.6 is 0 Å². The van der Waals surface area contributed by atoms with Gasteiger partial charge in [0.15, 0.2) is 11.6 Å². The number of nitrogens with one attached hydrogen (secondary N) is 1. The number of pyridine rings is 1. The molecule has 1 N–H and O–H groups in total. The molecule has 1 aliphatic heterocycles. The van der Waals surface area contributed by atoms with Gasteiger partial charge in [0.1, 0.15) is 11.9 Å². The number of aromatic nitrogens is 1. The van der Waals surface area contributed by atoms with Gasteiger partial charge >= 0.3 is 6.18 Å². The maximum atomic E-state index is 13.3. The van der Waals surface area contributed by atoms with Crippen LogP contribution in [-0.4, -0.2) is 23.5 Å². The Kier molecular flexibility index (Phi) is 5.03. The molecule has 0 bridgehead atoms. The number of hydrogen-bond donors (Lipinski definition) is 1. The molecular formula is C18H16F5N3O. The molecule has 4 nitrogen and oxygen atoms in total. The van der Waals surface area contributed by atoms with Gasteiger partial charge in [-0.05, 0) is 44.0 Å². The Morgan fingerprint density at radius 3 is 2.59 bits per heavy atom. The largest absolute Gasteiger partial charge is 0.416 e. The summed E-state index contributed by atoms with van der Waals surface area (Å²) in [7, 11) is 0. The maximum absolute atomic E-state index is 13.3. The molecular weight excluding hydrogens is 369 g/mol. The second-order valence-corrected chi connectivity index (χ2v) is 6.32. The summed E-state index contributed by atoms with van der Waals surface area (Å²) in [5, 5.41) is 2.47. The van der Waals surface area contributed by atoms with E-state index in [1.165, 1.54) is 17.9 Å². The van der Waals surface area contributed by atoms with Crippen LogP contribution in [0.15, 0.2) is 30.3 Å². The van der Waals surface area contributed by atoms with Crippen molar-refractivity contribution in [3.05, 3.63) is 53.2 Å². The SMILES string of the molecule is Cc1cc(C(F)(F)F)cc(N2CCC[C@H]2C(=O)Nc2ccc(F)c(F)c2)n1. The highest BCUT2D eigenvalue weighted by Gasteiger charge is 2.35. The Bertz CT molecular complexity index is 869. The first-order valence-corrected chi connectivity index (χ1v) is 8.23. The summed E-state index contributed by atoms with van der Waals surface area (Å²) in [6.07, 6.45) is -3.52. The predicted molar refractivity (Wildman–Crippen MR) is 89.3 cm³/mol. The maximum Gasteiger partial charge on any atom is 0.416 e.